The van der Waals surface area contributed by atoms with Gasteiger partial charge in [0.25, 0.3) is 0 Å². The van der Waals surface area contributed by atoms with Crippen LogP contribution in [-0.2, 0) is 0 Å². The van der Waals surface area contributed by atoms with Crippen molar-refractivity contribution < 1.29 is 0 Å². The van der Waals surface area contributed by atoms with Crippen molar-refractivity contribution >= 4 is 0 Å². The van der Waals surface area contributed by atoms with E-state index in [4.69, 9.17) is 0 Å². The summed E-state index contributed by atoms with van der Waals surface area (Å²) in [5.74, 6) is 1.53. The normalized spacial score (nSPS) is 24.9. The van der Waals surface area contributed by atoms with Gasteiger partial charge >= 0.3 is 0 Å². The lowest BCUT2D eigenvalue weighted by Crippen LogP contribution is -2.47. The van der Waals surface area contributed by atoms with Crippen LogP contribution in [0.25, 0.3) is 0 Å². The zero-order valence-corrected chi connectivity index (χ0v) is 12.2. The molecular weight excluding hydrogens is 218 g/mol. The van der Waals surface area contributed by atoms with Gasteiger partial charge in [-0.15, -0.1) is 0 Å². The van der Waals surface area contributed by atoms with E-state index in [0.29, 0.717) is 6.04 Å². The molecular formula is C17H27N. The fourth-order valence-electron chi connectivity index (χ4n) is 3.14. The fourth-order valence-corrected chi connectivity index (χ4v) is 3.14. The summed E-state index contributed by atoms with van der Waals surface area (Å²) in [6.07, 6.45) is 3.87. The smallest absolute Gasteiger partial charge is 0.00900 e. The van der Waals surface area contributed by atoms with E-state index < -0.39 is 0 Å². The van der Waals surface area contributed by atoms with Crippen LogP contribution in [0.1, 0.15) is 57.1 Å². The van der Waals surface area contributed by atoms with Gasteiger partial charge in [0.15, 0.2) is 0 Å². The van der Waals surface area contributed by atoms with Crippen molar-refractivity contribution in [2.75, 3.05) is 0 Å². The van der Waals surface area contributed by atoms with Crippen LogP contribution in [0.15, 0.2) is 24.3 Å². The van der Waals surface area contributed by atoms with E-state index in [1.54, 1.807) is 5.56 Å². The standard InChI is InChI=1S/C17H27N/c1-5-17(12(2)3)18-15-10-14(11-15)16-9-7-6-8-13(16)4/h6-9,12,14-15,17-18H,5,10-11H2,1-4H3. The van der Waals surface area contributed by atoms with Crippen molar-refractivity contribution in [1.82, 2.24) is 5.32 Å². The first-order valence-corrected chi connectivity index (χ1v) is 7.43. The van der Waals surface area contributed by atoms with Gasteiger partial charge in [-0.05, 0) is 49.1 Å². The van der Waals surface area contributed by atoms with Crippen molar-refractivity contribution in [3.8, 4) is 0 Å². The molecule has 0 spiro atoms. The number of rotatable bonds is 5. The highest BCUT2D eigenvalue weighted by Gasteiger charge is 2.32. The molecule has 1 N–H and O–H groups in total. The van der Waals surface area contributed by atoms with E-state index in [0.717, 1.165) is 17.9 Å². The number of hydrogen-bond donors (Lipinski definition) is 1. The van der Waals surface area contributed by atoms with E-state index in [-0.39, 0.29) is 0 Å². The molecule has 0 saturated heterocycles. The van der Waals surface area contributed by atoms with Crippen molar-refractivity contribution in [3.05, 3.63) is 35.4 Å². The Labute approximate surface area is 112 Å². The average Bonchev–Trinajstić information content (AvgIpc) is 2.29. The molecule has 0 radical (unpaired) electrons. The van der Waals surface area contributed by atoms with Crippen LogP contribution < -0.4 is 5.32 Å². The summed E-state index contributed by atoms with van der Waals surface area (Å²) in [7, 11) is 0. The number of nitrogens with one attached hydrogen (secondary N) is 1. The first-order valence-electron chi connectivity index (χ1n) is 7.43. The lowest BCUT2D eigenvalue weighted by Gasteiger charge is -2.40. The fraction of sp³-hybridized carbons (Fsp3) is 0.647. The molecule has 0 aliphatic heterocycles. The molecule has 1 aliphatic rings. The Balaban J connectivity index is 1.86. The lowest BCUT2D eigenvalue weighted by atomic mass is 9.74. The SMILES string of the molecule is CCC(NC1CC(c2ccccc2C)C1)C(C)C. The first-order chi connectivity index (χ1) is 8.61. The Morgan fingerprint density at radius 2 is 1.89 bits per heavy atom. The highest BCUT2D eigenvalue weighted by Crippen LogP contribution is 2.38. The van der Waals surface area contributed by atoms with Gasteiger partial charge in [0.1, 0.15) is 0 Å². The van der Waals surface area contributed by atoms with Crippen LogP contribution in [0, 0.1) is 12.8 Å². The molecule has 0 heterocycles. The maximum absolute atomic E-state index is 3.82. The highest BCUT2D eigenvalue weighted by atomic mass is 15.0. The summed E-state index contributed by atoms with van der Waals surface area (Å²) in [5.41, 5.74) is 3.02. The molecule has 0 amide bonds. The molecule has 1 aromatic rings. The van der Waals surface area contributed by atoms with Crippen LogP contribution in [0.4, 0.5) is 0 Å². The Bertz CT molecular complexity index is 377. The predicted molar refractivity (Wildman–Crippen MR) is 79.0 cm³/mol. The van der Waals surface area contributed by atoms with Gasteiger partial charge in [-0.25, -0.2) is 0 Å². The minimum Gasteiger partial charge on any atom is -0.311 e. The Morgan fingerprint density at radius 1 is 1.22 bits per heavy atom. The van der Waals surface area contributed by atoms with Gasteiger partial charge in [0, 0.05) is 12.1 Å². The highest BCUT2D eigenvalue weighted by molar-refractivity contribution is 5.31. The second-order valence-corrected chi connectivity index (χ2v) is 6.15. The summed E-state index contributed by atoms with van der Waals surface area (Å²) >= 11 is 0. The van der Waals surface area contributed by atoms with E-state index in [1.165, 1.54) is 24.8 Å². The third kappa shape index (κ3) is 2.95. The molecule has 1 nitrogen and oxygen atoms in total. The maximum Gasteiger partial charge on any atom is 0.00900 e. The van der Waals surface area contributed by atoms with E-state index in [9.17, 15) is 0 Å². The molecule has 2 rings (SSSR count). The third-order valence-electron chi connectivity index (χ3n) is 4.46. The van der Waals surface area contributed by atoms with Gasteiger partial charge in [0.05, 0.1) is 0 Å². The van der Waals surface area contributed by atoms with Crippen molar-refractivity contribution in [3.63, 3.8) is 0 Å². The zero-order valence-electron chi connectivity index (χ0n) is 12.2. The Kier molecular flexibility index (Phi) is 4.45. The molecule has 1 fully saturated rings. The Morgan fingerprint density at radius 3 is 2.44 bits per heavy atom. The second kappa shape index (κ2) is 5.88. The van der Waals surface area contributed by atoms with Crippen molar-refractivity contribution in [2.24, 2.45) is 5.92 Å². The monoisotopic (exact) mass is 245 g/mol. The van der Waals surface area contributed by atoms with E-state index in [2.05, 4.69) is 57.3 Å². The quantitative estimate of drug-likeness (QED) is 0.817. The molecule has 1 unspecified atom stereocenters. The van der Waals surface area contributed by atoms with Crippen LogP contribution in [0.3, 0.4) is 0 Å². The molecule has 1 aliphatic carbocycles. The van der Waals surface area contributed by atoms with Crippen LogP contribution in [0.2, 0.25) is 0 Å². The summed E-state index contributed by atoms with van der Waals surface area (Å²) < 4.78 is 0. The number of aryl methyl sites for hydroxylation is 1. The molecule has 1 aromatic carbocycles. The molecule has 100 valence electrons. The summed E-state index contributed by atoms with van der Waals surface area (Å²) in [5, 5.41) is 3.82. The van der Waals surface area contributed by atoms with Gasteiger partial charge in [0.2, 0.25) is 0 Å². The summed E-state index contributed by atoms with van der Waals surface area (Å²) in [4.78, 5) is 0. The molecule has 1 heteroatoms. The van der Waals surface area contributed by atoms with Crippen LogP contribution >= 0.6 is 0 Å². The van der Waals surface area contributed by atoms with Gasteiger partial charge in [-0.1, -0.05) is 45.0 Å². The van der Waals surface area contributed by atoms with Crippen LogP contribution in [0.5, 0.6) is 0 Å². The van der Waals surface area contributed by atoms with Crippen LogP contribution in [-0.4, -0.2) is 12.1 Å². The van der Waals surface area contributed by atoms with Gasteiger partial charge in [-0.2, -0.15) is 0 Å². The molecule has 1 saturated carbocycles. The lowest BCUT2D eigenvalue weighted by molar-refractivity contribution is 0.236. The zero-order chi connectivity index (χ0) is 13.1. The number of hydrogen-bond acceptors (Lipinski definition) is 1. The van der Waals surface area contributed by atoms with Gasteiger partial charge < -0.3 is 5.32 Å². The van der Waals surface area contributed by atoms with Crippen molar-refractivity contribution in [2.45, 2.75) is 65.0 Å². The molecule has 18 heavy (non-hydrogen) atoms. The second-order valence-electron chi connectivity index (χ2n) is 6.15. The summed E-state index contributed by atoms with van der Waals surface area (Å²) in [6.45, 7) is 9.16. The summed E-state index contributed by atoms with van der Waals surface area (Å²) in [6, 6.07) is 10.3. The maximum atomic E-state index is 3.82. The molecule has 0 bridgehead atoms. The Hall–Kier alpha value is -0.820. The van der Waals surface area contributed by atoms with Crippen molar-refractivity contribution in [1.29, 1.82) is 0 Å². The first kappa shape index (κ1) is 13.6. The average molecular weight is 245 g/mol. The minimum atomic E-state index is 0.688. The van der Waals surface area contributed by atoms with E-state index >= 15 is 0 Å². The third-order valence-corrected chi connectivity index (χ3v) is 4.46. The van der Waals surface area contributed by atoms with Gasteiger partial charge in [-0.3, -0.25) is 0 Å². The topological polar surface area (TPSA) is 12.0 Å². The minimum absolute atomic E-state index is 0.688. The van der Waals surface area contributed by atoms with E-state index in [1.807, 2.05) is 0 Å². The largest absolute Gasteiger partial charge is 0.311 e. The molecule has 0 aromatic heterocycles. The predicted octanol–water partition coefficient (Wildman–Crippen LogP) is 4.27. The number of benzene rings is 1. The molecule has 1 atom stereocenters.